The van der Waals surface area contributed by atoms with E-state index in [0.717, 1.165) is 40.3 Å². The molecule has 0 saturated carbocycles. The monoisotopic (exact) mass is 408 g/mol. The fourth-order valence-corrected chi connectivity index (χ4v) is 4.53. The Bertz CT molecular complexity index is 1270. The van der Waals surface area contributed by atoms with Crippen LogP contribution in [0.2, 0.25) is 0 Å². The van der Waals surface area contributed by atoms with Crippen LogP contribution in [0.3, 0.4) is 0 Å². The largest absolute Gasteiger partial charge is 0.326 e. The van der Waals surface area contributed by atoms with Crippen LogP contribution in [0.4, 0.5) is 0 Å². The van der Waals surface area contributed by atoms with Gasteiger partial charge in [0.2, 0.25) is 0 Å². The zero-order valence-electron chi connectivity index (χ0n) is 16.6. The van der Waals surface area contributed by atoms with E-state index in [9.17, 15) is 9.59 Å². The molecule has 0 aliphatic carbocycles. The van der Waals surface area contributed by atoms with Crippen LogP contribution in [0, 0.1) is 0 Å². The summed E-state index contributed by atoms with van der Waals surface area (Å²) in [6.45, 7) is 4.74. The van der Waals surface area contributed by atoms with Gasteiger partial charge in [0.25, 0.3) is 5.56 Å². The topological polar surface area (TPSA) is 72.7 Å². The van der Waals surface area contributed by atoms with Crippen LogP contribution in [0.5, 0.6) is 0 Å². The van der Waals surface area contributed by atoms with Crippen LogP contribution >= 0.6 is 11.8 Å². The molecule has 2 aromatic carbocycles. The lowest BCUT2D eigenvalue weighted by atomic mass is 10.2. The number of aryl methyl sites for hydroxylation is 1. The third-order valence-corrected chi connectivity index (χ3v) is 6.28. The van der Waals surface area contributed by atoms with E-state index in [-0.39, 0.29) is 17.3 Å². The number of thioether (sulfide) groups is 1. The van der Waals surface area contributed by atoms with E-state index in [4.69, 9.17) is 4.98 Å². The molecule has 0 bridgehead atoms. The second-order valence-corrected chi connectivity index (χ2v) is 8.21. The minimum absolute atomic E-state index is 0.0142. The Hall–Kier alpha value is -2.80. The van der Waals surface area contributed by atoms with Crippen molar-refractivity contribution in [3.8, 4) is 0 Å². The average molecular weight is 409 g/mol. The molecule has 0 aliphatic heterocycles. The van der Waals surface area contributed by atoms with Gasteiger partial charge in [0.05, 0.1) is 21.9 Å². The summed E-state index contributed by atoms with van der Waals surface area (Å²) < 4.78 is 3.58. The second-order valence-electron chi connectivity index (χ2n) is 7.14. The third kappa shape index (κ3) is 3.74. The summed E-state index contributed by atoms with van der Waals surface area (Å²) in [4.78, 5) is 32.9. The minimum Gasteiger partial charge on any atom is -0.306 e. The van der Waals surface area contributed by atoms with Crippen molar-refractivity contribution in [1.82, 2.24) is 19.1 Å². The van der Waals surface area contributed by atoms with Crippen molar-refractivity contribution in [1.29, 1.82) is 0 Å². The normalized spacial score (nSPS) is 12.6. The molecule has 0 unspecified atom stereocenters. The number of para-hydroxylation sites is 3. The number of H-pyrrole nitrogens is 1. The third-order valence-electron chi connectivity index (χ3n) is 5.25. The first kappa shape index (κ1) is 19.5. The highest BCUT2D eigenvalue weighted by Gasteiger charge is 2.15. The quantitative estimate of drug-likeness (QED) is 0.283. The standard InChI is InChI=1S/C22H24N4O2S/c1-3-15(2)26-20(27)16-9-4-5-10-17(16)24-22(26)29-14-8-13-25-19-12-7-6-11-18(19)23-21(25)28/h4-7,9-12,15H,3,8,13-14H2,1-2H3,(H,23,28)/t15-/m0/s1. The number of nitrogens with one attached hydrogen (secondary N) is 1. The molecule has 0 amide bonds. The van der Waals surface area contributed by atoms with Crippen molar-refractivity contribution in [3.05, 3.63) is 69.4 Å². The number of aromatic amines is 1. The molecule has 2 aromatic heterocycles. The van der Waals surface area contributed by atoms with Crippen molar-refractivity contribution >= 4 is 33.7 Å². The molecule has 4 aromatic rings. The molecule has 0 saturated heterocycles. The first-order chi connectivity index (χ1) is 14.1. The van der Waals surface area contributed by atoms with Gasteiger partial charge < -0.3 is 4.98 Å². The fraction of sp³-hybridized carbons (Fsp3) is 0.318. The average Bonchev–Trinajstić information content (AvgIpc) is 3.06. The molecule has 150 valence electrons. The van der Waals surface area contributed by atoms with E-state index >= 15 is 0 Å². The summed E-state index contributed by atoms with van der Waals surface area (Å²) in [5.74, 6) is 0.771. The van der Waals surface area contributed by atoms with Crippen LogP contribution < -0.4 is 11.2 Å². The second kappa shape index (κ2) is 8.29. The number of hydrogen-bond acceptors (Lipinski definition) is 4. The lowest BCUT2D eigenvalue weighted by Crippen LogP contribution is -2.26. The summed E-state index contributed by atoms with van der Waals surface area (Å²) in [6.07, 6.45) is 1.66. The molecule has 0 radical (unpaired) electrons. The van der Waals surface area contributed by atoms with Crippen LogP contribution in [-0.4, -0.2) is 24.9 Å². The number of benzene rings is 2. The molecule has 2 heterocycles. The molecule has 7 heteroatoms. The molecule has 4 rings (SSSR count). The van der Waals surface area contributed by atoms with Gasteiger partial charge in [-0.25, -0.2) is 9.78 Å². The van der Waals surface area contributed by atoms with E-state index in [1.807, 2.05) is 60.0 Å². The molecule has 0 spiro atoms. The highest BCUT2D eigenvalue weighted by molar-refractivity contribution is 7.99. The van der Waals surface area contributed by atoms with Gasteiger partial charge in [-0.05, 0) is 44.0 Å². The van der Waals surface area contributed by atoms with Gasteiger partial charge >= 0.3 is 5.69 Å². The lowest BCUT2D eigenvalue weighted by Gasteiger charge is -2.18. The number of rotatable bonds is 7. The van der Waals surface area contributed by atoms with Gasteiger partial charge in [0, 0.05) is 18.3 Å². The van der Waals surface area contributed by atoms with E-state index in [2.05, 4.69) is 11.9 Å². The van der Waals surface area contributed by atoms with Crippen molar-refractivity contribution in [3.63, 3.8) is 0 Å². The fourth-order valence-electron chi connectivity index (χ4n) is 3.51. The molecular formula is C22H24N4O2S. The molecular weight excluding hydrogens is 384 g/mol. The first-order valence-electron chi connectivity index (χ1n) is 9.91. The number of aromatic nitrogens is 4. The smallest absolute Gasteiger partial charge is 0.306 e. The van der Waals surface area contributed by atoms with Gasteiger partial charge in [-0.3, -0.25) is 13.9 Å². The molecule has 0 aliphatic rings. The summed E-state index contributed by atoms with van der Waals surface area (Å²) in [6, 6.07) is 15.3. The summed E-state index contributed by atoms with van der Waals surface area (Å²) in [7, 11) is 0. The minimum atomic E-state index is -0.0865. The van der Waals surface area contributed by atoms with Crippen LogP contribution in [-0.2, 0) is 6.54 Å². The predicted molar refractivity (Wildman–Crippen MR) is 119 cm³/mol. The maximum atomic E-state index is 13.0. The van der Waals surface area contributed by atoms with Crippen LogP contribution in [0.25, 0.3) is 21.9 Å². The lowest BCUT2D eigenvalue weighted by molar-refractivity contribution is 0.468. The van der Waals surface area contributed by atoms with Crippen LogP contribution in [0.15, 0.2) is 63.3 Å². The van der Waals surface area contributed by atoms with Crippen molar-refractivity contribution in [2.24, 2.45) is 0 Å². The highest BCUT2D eigenvalue weighted by Crippen LogP contribution is 2.23. The van der Waals surface area contributed by atoms with E-state index < -0.39 is 0 Å². The van der Waals surface area contributed by atoms with Gasteiger partial charge in [0.15, 0.2) is 5.16 Å². The first-order valence-corrected chi connectivity index (χ1v) is 10.9. The Morgan fingerprint density at radius 1 is 1.10 bits per heavy atom. The van der Waals surface area contributed by atoms with Crippen LogP contribution in [0.1, 0.15) is 32.7 Å². The van der Waals surface area contributed by atoms with E-state index in [1.165, 1.54) is 0 Å². The number of fused-ring (bicyclic) bond motifs is 2. The molecule has 0 fully saturated rings. The van der Waals surface area contributed by atoms with Crippen molar-refractivity contribution < 1.29 is 0 Å². The summed E-state index contributed by atoms with van der Waals surface area (Å²) in [5.41, 5.74) is 2.43. The molecule has 1 N–H and O–H groups in total. The van der Waals surface area contributed by atoms with Gasteiger partial charge in [-0.15, -0.1) is 0 Å². The Balaban J connectivity index is 1.55. The molecule has 29 heavy (non-hydrogen) atoms. The Labute approximate surface area is 172 Å². The molecule has 6 nitrogen and oxygen atoms in total. The maximum absolute atomic E-state index is 13.0. The zero-order valence-corrected chi connectivity index (χ0v) is 17.4. The Kier molecular flexibility index (Phi) is 5.58. The number of hydrogen-bond donors (Lipinski definition) is 1. The number of nitrogens with zero attached hydrogens (tertiary/aromatic N) is 3. The number of imidazole rings is 1. The van der Waals surface area contributed by atoms with Gasteiger partial charge in [-0.2, -0.15) is 0 Å². The summed E-state index contributed by atoms with van der Waals surface area (Å²) in [5, 5.41) is 1.40. The van der Waals surface area contributed by atoms with E-state index in [1.54, 1.807) is 16.3 Å². The highest BCUT2D eigenvalue weighted by atomic mass is 32.2. The predicted octanol–water partition coefficient (Wildman–Crippen LogP) is 4.19. The molecule has 1 atom stereocenters. The Morgan fingerprint density at radius 3 is 2.69 bits per heavy atom. The summed E-state index contributed by atoms with van der Waals surface area (Å²) >= 11 is 1.58. The Morgan fingerprint density at radius 2 is 1.86 bits per heavy atom. The van der Waals surface area contributed by atoms with Gasteiger partial charge in [-0.1, -0.05) is 43.0 Å². The van der Waals surface area contributed by atoms with Crippen molar-refractivity contribution in [2.75, 3.05) is 5.75 Å². The SMILES string of the molecule is CC[C@H](C)n1c(SCCCn2c(=O)[nH]c3ccccc32)nc2ccccc2c1=O. The zero-order chi connectivity index (χ0) is 20.4. The van der Waals surface area contributed by atoms with Gasteiger partial charge in [0.1, 0.15) is 0 Å². The van der Waals surface area contributed by atoms with Crippen molar-refractivity contribution in [2.45, 2.75) is 44.4 Å². The van der Waals surface area contributed by atoms with E-state index in [0.29, 0.717) is 11.9 Å². The maximum Gasteiger partial charge on any atom is 0.326 e.